The molecule has 0 saturated carbocycles. The molecule has 2 rings (SSSR count). The molecule has 2 aromatic rings. The van der Waals surface area contributed by atoms with Gasteiger partial charge in [0.15, 0.2) is 0 Å². The summed E-state index contributed by atoms with van der Waals surface area (Å²) in [5, 5.41) is 3.01. The van der Waals surface area contributed by atoms with E-state index in [4.69, 9.17) is 0 Å². The molecule has 2 heterocycles. The van der Waals surface area contributed by atoms with Gasteiger partial charge in [0.05, 0.1) is 5.51 Å². The summed E-state index contributed by atoms with van der Waals surface area (Å²) in [6.07, 6.45) is 0. The van der Waals surface area contributed by atoms with E-state index in [2.05, 4.69) is 10.4 Å². The molecule has 0 radical (unpaired) electrons. The Morgan fingerprint density at radius 3 is 3.22 bits per heavy atom. The summed E-state index contributed by atoms with van der Waals surface area (Å²) in [5.41, 5.74) is 1.86. The van der Waals surface area contributed by atoms with Gasteiger partial charge in [0.25, 0.3) is 0 Å². The van der Waals surface area contributed by atoms with Crippen LogP contribution in [-0.2, 0) is 0 Å². The topological polar surface area (TPSA) is 12.9 Å². The maximum absolute atomic E-state index is 4.08. The predicted molar refractivity (Wildman–Crippen MR) is 36.3 cm³/mol. The average Bonchev–Trinajstić information content (AvgIpc) is 2.15. The Bertz CT molecular complexity index is 236. The minimum atomic E-state index is 0. The van der Waals surface area contributed by atoms with Gasteiger partial charge in [0.2, 0.25) is 0 Å². The van der Waals surface area contributed by atoms with E-state index in [1.165, 1.54) is 4.70 Å². The van der Waals surface area contributed by atoms with Crippen LogP contribution in [0.15, 0.2) is 11.6 Å². The third-order valence-electron chi connectivity index (χ3n) is 0.906. The molecule has 0 unspecified atom stereocenters. The summed E-state index contributed by atoms with van der Waals surface area (Å²) < 4.78 is 1.25. The number of aromatic nitrogens is 1. The molecule has 4 heteroatoms. The normalized spacial score (nSPS) is 9.33. The van der Waals surface area contributed by atoms with Crippen molar-refractivity contribution in [3.05, 3.63) is 17.0 Å². The second-order valence-corrected chi connectivity index (χ2v) is 3.10. The quantitative estimate of drug-likeness (QED) is 0.350. The van der Waals surface area contributed by atoms with E-state index in [0.29, 0.717) is 0 Å². The van der Waals surface area contributed by atoms with Gasteiger partial charge in [-0.25, -0.2) is 11.3 Å². The van der Waals surface area contributed by atoms with Crippen molar-refractivity contribution in [1.29, 1.82) is 0 Å². The van der Waals surface area contributed by atoms with Crippen LogP contribution in [0, 0.1) is 5.38 Å². The van der Waals surface area contributed by atoms with Gasteiger partial charge < -0.3 is 4.98 Å². The third kappa shape index (κ3) is 1.20. The molecule has 0 aliphatic heterocycles. The minimum absolute atomic E-state index is 0. The smallest absolute Gasteiger partial charge is 0.312 e. The van der Waals surface area contributed by atoms with Crippen LogP contribution in [0.25, 0.3) is 9.53 Å². The summed E-state index contributed by atoms with van der Waals surface area (Å²) >= 11 is 3.23. The van der Waals surface area contributed by atoms with Crippen molar-refractivity contribution in [2.45, 2.75) is 0 Å². The Balaban J connectivity index is 0.000000405. The summed E-state index contributed by atoms with van der Waals surface area (Å²) in [5.74, 6) is 0. The molecule has 0 saturated heterocycles. The fourth-order valence-electron chi connectivity index (χ4n) is 0.556. The van der Waals surface area contributed by atoms with Gasteiger partial charge in [-0.2, -0.15) is 6.07 Å². The van der Waals surface area contributed by atoms with E-state index in [1.807, 2.05) is 11.6 Å². The molecule has 0 fully saturated rings. The van der Waals surface area contributed by atoms with E-state index in [9.17, 15) is 0 Å². The second kappa shape index (κ2) is 2.85. The van der Waals surface area contributed by atoms with Crippen LogP contribution in [0.2, 0.25) is 0 Å². The third-order valence-corrected chi connectivity index (χ3v) is 2.57. The SMILES string of the molecule is [Li+].[c-]1cc2scnc2s1. The first kappa shape index (κ1) is 7.30. The first-order valence-electron chi connectivity index (χ1n) is 2.16. The number of fused-ring (bicyclic) bond motifs is 1. The predicted octanol–water partition coefficient (Wildman–Crippen LogP) is -0.838. The number of thiophene rings is 1. The van der Waals surface area contributed by atoms with Crippen LogP contribution in [-0.4, -0.2) is 4.98 Å². The van der Waals surface area contributed by atoms with Crippen molar-refractivity contribution >= 4 is 32.2 Å². The molecule has 0 aliphatic rings. The van der Waals surface area contributed by atoms with Crippen LogP contribution in [0.3, 0.4) is 0 Å². The molecule has 1 nitrogen and oxygen atoms in total. The van der Waals surface area contributed by atoms with Gasteiger partial charge in [0, 0.05) is 0 Å². The number of hydrogen-bond acceptors (Lipinski definition) is 3. The zero-order chi connectivity index (χ0) is 5.40. The van der Waals surface area contributed by atoms with Crippen LogP contribution in [0.1, 0.15) is 0 Å². The molecule has 0 aromatic carbocycles. The summed E-state index contributed by atoms with van der Waals surface area (Å²) in [6.45, 7) is 0. The van der Waals surface area contributed by atoms with Gasteiger partial charge in [-0.1, -0.05) is 4.70 Å². The molecule has 9 heavy (non-hydrogen) atoms. The molecule has 0 N–H and O–H groups in total. The maximum atomic E-state index is 4.08. The minimum Gasteiger partial charge on any atom is -0.312 e. The van der Waals surface area contributed by atoms with Crippen LogP contribution < -0.4 is 18.9 Å². The van der Waals surface area contributed by atoms with Gasteiger partial charge >= 0.3 is 18.9 Å². The van der Waals surface area contributed by atoms with E-state index < -0.39 is 0 Å². The summed E-state index contributed by atoms with van der Waals surface area (Å²) in [7, 11) is 0. The van der Waals surface area contributed by atoms with Crippen molar-refractivity contribution in [2.75, 3.05) is 0 Å². The molecule has 0 atom stereocenters. The molecular weight excluding hydrogens is 145 g/mol. The first-order chi connectivity index (χ1) is 3.97. The molecule has 0 bridgehead atoms. The van der Waals surface area contributed by atoms with Gasteiger partial charge in [-0.3, -0.25) is 11.3 Å². The van der Waals surface area contributed by atoms with E-state index >= 15 is 0 Å². The molecule has 2 aromatic heterocycles. The monoisotopic (exact) mass is 147 g/mol. The molecule has 40 valence electrons. The van der Waals surface area contributed by atoms with Crippen LogP contribution >= 0.6 is 22.7 Å². The fourth-order valence-corrected chi connectivity index (χ4v) is 2.07. The Morgan fingerprint density at radius 1 is 1.56 bits per heavy atom. The average molecular weight is 147 g/mol. The van der Waals surface area contributed by atoms with Crippen LogP contribution in [0.4, 0.5) is 0 Å². The zero-order valence-electron chi connectivity index (χ0n) is 4.92. The number of thiazole rings is 1. The van der Waals surface area contributed by atoms with Gasteiger partial charge in [-0.05, 0) is 4.83 Å². The van der Waals surface area contributed by atoms with Gasteiger partial charge in [0.1, 0.15) is 0 Å². The van der Waals surface area contributed by atoms with Crippen molar-refractivity contribution in [3.63, 3.8) is 0 Å². The van der Waals surface area contributed by atoms with Crippen molar-refractivity contribution in [3.8, 4) is 0 Å². The standard InChI is InChI=1S/C5H2NS2.Li/c1-2-7-5-4(1)8-3-6-5;/h1,3H;/q-1;+1. The van der Waals surface area contributed by atoms with Crippen molar-refractivity contribution in [2.24, 2.45) is 0 Å². The van der Waals surface area contributed by atoms with Crippen LogP contribution in [0.5, 0.6) is 0 Å². The fraction of sp³-hybridized carbons (Fsp3) is 0. The number of rotatable bonds is 0. The van der Waals surface area contributed by atoms with Gasteiger partial charge in [-0.15, -0.1) is 5.38 Å². The Labute approximate surface area is 72.9 Å². The Morgan fingerprint density at radius 2 is 2.44 bits per heavy atom. The zero-order valence-corrected chi connectivity index (χ0v) is 6.55. The summed E-state index contributed by atoms with van der Waals surface area (Å²) in [4.78, 5) is 5.19. The first-order valence-corrected chi connectivity index (χ1v) is 3.85. The molecular formula is C5H2LiNS2. The molecule has 0 amide bonds. The van der Waals surface area contributed by atoms with Crippen molar-refractivity contribution < 1.29 is 18.9 Å². The second-order valence-electron chi connectivity index (χ2n) is 1.39. The Hall–Kier alpha value is 0.187. The van der Waals surface area contributed by atoms with E-state index in [1.54, 1.807) is 22.7 Å². The molecule has 0 aliphatic carbocycles. The van der Waals surface area contributed by atoms with E-state index in [0.717, 1.165) is 4.83 Å². The maximum Gasteiger partial charge on any atom is 1.00 e. The van der Waals surface area contributed by atoms with Crippen molar-refractivity contribution in [1.82, 2.24) is 4.98 Å². The largest absolute Gasteiger partial charge is 1.00 e. The Kier molecular flexibility index (Phi) is 2.31. The number of nitrogens with zero attached hydrogens (tertiary/aromatic N) is 1. The molecule has 0 spiro atoms. The summed E-state index contributed by atoms with van der Waals surface area (Å²) in [6, 6.07) is 1.97. The number of hydrogen-bond donors (Lipinski definition) is 0. The van der Waals surface area contributed by atoms with E-state index in [-0.39, 0.29) is 18.9 Å².